The van der Waals surface area contributed by atoms with E-state index >= 15 is 0 Å². The van der Waals surface area contributed by atoms with Gasteiger partial charge in [-0.05, 0) is 64.3 Å². The number of pyridine rings is 2. The molecule has 1 aliphatic rings. The smallest absolute Gasteiger partial charge is 0.230 e. The Bertz CT molecular complexity index is 964. The van der Waals surface area contributed by atoms with Crippen LogP contribution >= 0.6 is 0 Å². The molecule has 7 nitrogen and oxygen atoms in total. The van der Waals surface area contributed by atoms with Gasteiger partial charge in [0, 0.05) is 19.3 Å². The summed E-state index contributed by atoms with van der Waals surface area (Å²) < 4.78 is 24.2. The SMILES string of the molecule is Cc1ccc(NC(=O)C2CCCN(c3ccc(S(=O)(=O)C(C)(C)C)nc3)C2)nc1. The molecule has 156 valence electrons. The van der Waals surface area contributed by atoms with Crippen LogP contribution in [-0.4, -0.2) is 42.1 Å². The van der Waals surface area contributed by atoms with Gasteiger partial charge in [0.2, 0.25) is 5.91 Å². The predicted molar refractivity (Wildman–Crippen MR) is 114 cm³/mol. The largest absolute Gasteiger partial charge is 0.369 e. The average molecular weight is 417 g/mol. The fourth-order valence-corrected chi connectivity index (χ4v) is 4.29. The lowest BCUT2D eigenvalue weighted by Crippen LogP contribution is -2.41. The Balaban J connectivity index is 1.69. The molecule has 1 N–H and O–H groups in total. The number of aryl methyl sites for hydroxylation is 1. The van der Waals surface area contributed by atoms with Crippen LogP contribution in [0.1, 0.15) is 39.2 Å². The first-order chi connectivity index (χ1) is 13.6. The molecule has 8 heteroatoms. The number of aromatic nitrogens is 2. The zero-order valence-electron chi connectivity index (χ0n) is 17.3. The third-order valence-corrected chi connectivity index (χ3v) is 7.53. The topological polar surface area (TPSA) is 92.3 Å². The normalized spacial score (nSPS) is 17.8. The van der Waals surface area contributed by atoms with E-state index in [-0.39, 0.29) is 16.9 Å². The highest BCUT2D eigenvalue weighted by atomic mass is 32.2. The molecule has 0 spiro atoms. The molecule has 1 aliphatic heterocycles. The number of anilines is 2. The molecule has 1 unspecified atom stereocenters. The zero-order chi connectivity index (χ0) is 21.2. The number of nitrogens with one attached hydrogen (secondary N) is 1. The van der Waals surface area contributed by atoms with Gasteiger partial charge in [-0.3, -0.25) is 4.79 Å². The summed E-state index contributed by atoms with van der Waals surface area (Å²) in [4.78, 5) is 23.2. The second-order valence-electron chi connectivity index (χ2n) is 8.47. The maximum Gasteiger partial charge on any atom is 0.230 e. The number of hydrogen-bond acceptors (Lipinski definition) is 6. The van der Waals surface area contributed by atoms with E-state index in [9.17, 15) is 13.2 Å². The van der Waals surface area contributed by atoms with E-state index in [1.807, 2.05) is 13.0 Å². The second kappa shape index (κ2) is 8.10. The Hall–Kier alpha value is -2.48. The summed E-state index contributed by atoms with van der Waals surface area (Å²) in [6, 6.07) is 7.03. The number of sulfone groups is 1. The van der Waals surface area contributed by atoms with E-state index in [0.29, 0.717) is 12.4 Å². The minimum Gasteiger partial charge on any atom is -0.369 e. The molecule has 1 fully saturated rings. The van der Waals surface area contributed by atoms with Crippen molar-refractivity contribution < 1.29 is 13.2 Å². The van der Waals surface area contributed by atoms with Crippen molar-refractivity contribution in [2.45, 2.75) is 50.3 Å². The summed E-state index contributed by atoms with van der Waals surface area (Å²) in [5.74, 6) is 0.340. The van der Waals surface area contributed by atoms with Gasteiger partial charge in [-0.1, -0.05) is 6.07 Å². The summed E-state index contributed by atoms with van der Waals surface area (Å²) in [5.41, 5.74) is 1.86. The molecule has 0 bridgehead atoms. The van der Waals surface area contributed by atoms with Gasteiger partial charge in [-0.25, -0.2) is 18.4 Å². The highest BCUT2D eigenvalue weighted by Gasteiger charge is 2.32. The molecule has 0 aromatic carbocycles. The fraction of sp³-hybridized carbons (Fsp3) is 0.476. The number of piperidine rings is 1. The van der Waals surface area contributed by atoms with Crippen LogP contribution in [0.3, 0.4) is 0 Å². The first-order valence-electron chi connectivity index (χ1n) is 9.77. The third kappa shape index (κ3) is 4.75. The Labute approximate surface area is 172 Å². The summed E-state index contributed by atoms with van der Waals surface area (Å²) in [7, 11) is -3.49. The molecule has 0 aliphatic carbocycles. The van der Waals surface area contributed by atoms with Crippen LogP contribution in [0.2, 0.25) is 0 Å². The van der Waals surface area contributed by atoms with Crippen molar-refractivity contribution in [3.63, 3.8) is 0 Å². The van der Waals surface area contributed by atoms with E-state index in [1.165, 1.54) is 0 Å². The molecule has 1 amide bonds. The van der Waals surface area contributed by atoms with Gasteiger partial charge < -0.3 is 10.2 Å². The van der Waals surface area contributed by atoms with Crippen LogP contribution in [0, 0.1) is 12.8 Å². The number of nitrogens with zero attached hydrogens (tertiary/aromatic N) is 3. The number of carbonyl (C=O) groups excluding carboxylic acids is 1. The molecule has 3 rings (SSSR count). The number of carbonyl (C=O) groups is 1. The van der Waals surface area contributed by atoms with Gasteiger partial charge in [0.15, 0.2) is 14.9 Å². The first kappa shape index (κ1) is 21.2. The van der Waals surface area contributed by atoms with Gasteiger partial charge in [-0.2, -0.15) is 0 Å². The van der Waals surface area contributed by atoms with Crippen molar-refractivity contribution in [3.8, 4) is 0 Å². The first-order valence-corrected chi connectivity index (χ1v) is 11.3. The monoisotopic (exact) mass is 416 g/mol. The van der Waals surface area contributed by atoms with Crippen molar-refractivity contribution in [1.82, 2.24) is 9.97 Å². The Morgan fingerprint density at radius 2 is 1.90 bits per heavy atom. The number of amides is 1. The van der Waals surface area contributed by atoms with E-state index in [4.69, 9.17) is 0 Å². The predicted octanol–water partition coefficient (Wildman–Crippen LogP) is 3.21. The van der Waals surface area contributed by atoms with Crippen molar-refractivity contribution in [2.75, 3.05) is 23.3 Å². The van der Waals surface area contributed by atoms with Gasteiger partial charge in [0.25, 0.3) is 0 Å². The van der Waals surface area contributed by atoms with E-state index in [2.05, 4.69) is 20.2 Å². The molecule has 2 aromatic rings. The van der Waals surface area contributed by atoms with Crippen LogP contribution in [0.4, 0.5) is 11.5 Å². The highest BCUT2D eigenvalue weighted by Crippen LogP contribution is 2.27. The molecular formula is C21H28N4O3S. The summed E-state index contributed by atoms with van der Waals surface area (Å²) in [6.45, 7) is 8.30. The van der Waals surface area contributed by atoms with E-state index < -0.39 is 14.6 Å². The highest BCUT2D eigenvalue weighted by molar-refractivity contribution is 7.92. The maximum absolute atomic E-state index is 12.7. The van der Waals surface area contributed by atoms with Crippen molar-refractivity contribution >= 4 is 27.2 Å². The summed E-state index contributed by atoms with van der Waals surface area (Å²) in [5, 5.41) is 2.96. The zero-order valence-corrected chi connectivity index (χ0v) is 18.2. The maximum atomic E-state index is 12.7. The quantitative estimate of drug-likeness (QED) is 0.823. The standard InChI is InChI=1S/C21H28N4O3S/c1-15-7-9-18(22-12-15)24-20(26)16-6-5-11-25(14-16)17-8-10-19(23-13-17)29(27,28)21(2,3)4/h7-10,12-13,16H,5-6,11,14H2,1-4H3,(H,22,24,26). The molecular weight excluding hydrogens is 388 g/mol. The van der Waals surface area contributed by atoms with E-state index in [0.717, 1.165) is 30.6 Å². The average Bonchev–Trinajstić information content (AvgIpc) is 2.69. The molecule has 1 atom stereocenters. The summed E-state index contributed by atoms with van der Waals surface area (Å²) in [6.07, 6.45) is 4.99. The third-order valence-electron chi connectivity index (χ3n) is 5.12. The lowest BCUT2D eigenvalue weighted by atomic mass is 9.97. The van der Waals surface area contributed by atoms with E-state index in [1.54, 1.807) is 51.4 Å². The molecule has 3 heterocycles. The minimum absolute atomic E-state index is 0.0501. The van der Waals surface area contributed by atoms with Crippen LogP contribution < -0.4 is 10.2 Å². The van der Waals surface area contributed by atoms with Crippen LogP contribution in [0.15, 0.2) is 41.7 Å². The number of rotatable bonds is 4. The second-order valence-corrected chi connectivity index (χ2v) is 11.1. The van der Waals surface area contributed by atoms with Gasteiger partial charge in [0.1, 0.15) is 5.82 Å². The molecule has 1 saturated heterocycles. The van der Waals surface area contributed by atoms with Crippen molar-refractivity contribution in [1.29, 1.82) is 0 Å². The minimum atomic E-state index is -3.49. The van der Waals surface area contributed by atoms with Crippen LogP contribution in [0.5, 0.6) is 0 Å². The van der Waals surface area contributed by atoms with Gasteiger partial charge in [0.05, 0.1) is 22.5 Å². The lowest BCUT2D eigenvalue weighted by molar-refractivity contribution is -0.120. The Morgan fingerprint density at radius 1 is 1.14 bits per heavy atom. The van der Waals surface area contributed by atoms with Crippen LogP contribution in [-0.2, 0) is 14.6 Å². The molecule has 2 aromatic heterocycles. The van der Waals surface area contributed by atoms with Crippen LogP contribution in [0.25, 0.3) is 0 Å². The lowest BCUT2D eigenvalue weighted by Gasteiger charge is -2.33. The number of hydrogen-bond donors (Lipinski definition) is 1. The Morgan fingerprint density at radius 3 is 2.48 bits per heavy atom. The molecule has 0 saturated carbocycles. The van der Waals surface area contributed by atoms with Crippen molar-refractivity contribution in [3.05, 3.63) is 42.2 Å². The fourth-order valence-electron chi connectivity index (χ4n) is 3.23. The summed E-state index contributed by atoms with van der Waals surface area (Å²) >= 11 is 0. The van der Waals surface area contributed by atoms with Gasteiger partial charge >= 0.3 is 0 Å². The van der Waals surface area contributed by atoms with Crippen molar-refractivity contribution in [2.24, 2.45) is 5.92 Å². The molecule has 29 heavy (non-hydrogen) atoms. The molecule has 0 radical (unpaired) electrons. The Kier molecular flexibility index (Phi) is 5.93. The van der Waals surface area contributed by atoms with Gasteiger partial charge in [-0.15, -0.1) is 0 Å².